The third kappa shape index (κ3) is 14.7. The first kappa shape index (κ1) is 49.8. The number of aryl methyl sites for hydroxylation is 1. The number of hydrogen-bond acceptors (Lipinski definition) is 13. The number of aliphatic imine (C=N–C) groups is 1. The van der Waals surface area contributed by atoms with E-state index in [-0.39, 0.29) is 34.4 Å². The number of anilines is 2. The van der Waals surface area contributed by atoms with E-state index in [0.29, 0.717) is 23.6 Å². The summed E-state index contributed by atoms with van der Waals surface area (Å²) in [5.41, 5.74) is 14.6. The molecule has 15 nitrogen and oxygen atoms in total. The molecule has 0 bridgehead atoms. The first-order valence-corrected chi connectivity index (χ1v) is 27.9. The van der Waals surface area contributed by atoms with Gasteiger partial charge in [-0.25, -0.2) is 9.59 Å². The normalized spacial score (nSPS) is 10.7. The molecule has 290 valence electrons. The zero-order valence-electron chi connectivity index (χ0n) is 30.2. The van der Waals surface area contributed by atoms with Gasteiger partial charge in [-0.3, -0.25) is 9.79 Å². The SMILES string of the molecule is COc1cc(N)c(N)c(C(=O)O)c1.COc1cc2c(c(C(=O)O)c1)N=C(c1ccccc1C)C2.O=Cc1ccccc1C(F)(F)F.O=S(=O)=S(=O)=S(=O)=O.[Na][Na]. The maximum absolute atomic E-state index is 12.1. The molecule has 4 aromatic rings. The Kier molecular flexibility index (Phi) is 21.2. The minimum atomic E-state index is -4.45. The third-order valence-electron chi connectivity index (χ3n) is 6.96. The van der Waals surface area contributed by atoms with Crippen LogP contribution in [0.1, 0.15) is 53.3 Å². The van der Waals surface area contributed by atoms with Crippen molar-refractivity contribution in [3.63, 3.8) is 0 Å². The van der Waals surface area contributed by atoms with Gasteiger partial charge in [-0.05, 0) is 47.9 Å². The van der Waals surface area contributed by atoms with Gasteiger partial charge in [0.25, 0.3) is 0 Å². The molecule has 23 heteroatoms. The maximum atomic E-state index is 12.1. The van der Waals surface area contributed by atoms with Crippen LogP contribution in [0.3, 0.4) is 0 Å². The number of halogens is 3. The van der Waals surface area contributed by atoms with Crippen LogP contribution in [0.25, 0.3) is 0 Å². The Labute approximate surface area is 349 Å². The number of nitrogens with two attached hydrogens (primary N) is 2. The molecule has 0 saturated heterocycles. The number of carbonyl (C=O) groups is 3. The average Bonchev–Trinajstić information content (AvgIpc) is 3.60. The first-order chi connectivity index (χ1) is 26.3. The van der Waals surface area contributed by atoms with Crippen LogP contribution >= 0.6 is 0 Å². The van der Waals surface area contributed by atoms with Crippen molar-refractivity contribution in [2.75, 3.05) is 25.7 Å². The number of methoxy groups -OCH3 is 2. The number of alkyl halides is 3. The van der Waals surface area contributed by atoms with E-state index in [2.05, 4.69) is 4.99 Å². The summed E-state index contributed by atoms with van der Waals surface area (Å²) >= 11 is 2.89. The predicted molar refractivity (Wildman–Crippen MR) is 204 cm³/mol. The number of nitrogens with zero attached hydrogens (tertiary/aromatic N) is 1. The van der Waals surface area contributed by atoms with Crippen molar-refractivity contribution in [1.82, 2.24) is 0 Å². The van der Waals surface area contributed by atoms with Crippen molar-refractivity contribution in [1.29, 1.82) is 0 Å². The van der Waals surface area contributed by atoms with E-state index < -0.39 is 50.1 Å². The quantitative estimate of drug-likeness (QED) is 0.121. The Hall–Kier alpha value is -4.19. The molecule has 0 radical (unpaired) electrons. The summed E-state index contributed by atoms with van der Waals surface area (Å²) in [4.78, 5) is 36.8. The van der Waals surface area contributed by atoms with Gasteiger partial charge >= 0.3 is 80.3 Å². The molecule has 1 heterocycles. The van der Waals surface area contributed by atoms with Crippen molar-refractivity contribution >= 4 is 111 Å². The molecule has 0 atom stereocenters. The standard InChI is InChI=1S/C17H15NO3.C8H5F3O.C8H10N2O3.2Na.O5S3/c1-10-5-3-4-6-13(10)15-8-11-7-12(21-2)9-14(17(19)20)16(11)18-15;9-8(10,11)7-4-2-1-3-6(7)5-12;1-13-4-2-5(8(11)12)7(10)6(9)3-4;;;1-6(2)8(5)7(3)4/h3-7,9H,8H2,1-2H3,(H,19,20);1-5H;2-3H,9-10H2,1H3,(H,11,12);;;. The van der Waals surface area contributed by atoms with E-state index in [1.54, 1.807) is 0 Å². The van der Waals surface area contributed by atoms with E-state index in [1.165, 1.54) is 88.2 Å². The molecule has 0 spiro atoms. The van der Waals surface area contributed by atoms with E-state index in [9.17, 15) is 53.7 Å². The van der Waals surface area contributed by atoms with Gasteiger partial charge in [-0.15, -0.1) is 0 Å². The van der Waals surface area contributed by atoms with Gasteiger partial charge in [-0.2, -0.15) is 34.2 Å². The van der Waals surface area contributed by atoms with Gasteiger partial charge in [0, 0.05) is 18.1 Å². The molecule has 0 saturated carbocycles. The Bertz CT molecular complexity index is 2460. The van der Waals surface area contributed by atoms with Crippen LogP contribution < -0.4 is 20.9 Å². The molecule has 6 N–H and O–H groups in total. The van der Waals surface area contributed by atoms with Crippen LogP contribution in [0.15, 0.2) is 77.8 Å². The molecule has 1 aliphatic rings. The fraction of sp³-hybridized carbons (Fsp3) is 0.152. The third-order valence-corrected chi connectivity index (χ3v) is 10.7. The summed E-state index contributed by atoms with van der Waals surface area (Å²) in [6, 6.07) is 18.8. The van der Waals surface area contributed by atoms with Gasteiger partial charge in [0.1, 0.15) is 11.5 Å². The van der Waals surface area contributed by atoms with Crippen LogP contribution in [0, 0.1) is 6.92 Å². The Morgan fingerprint density at radius 2 is 1.32 bits per heavy atom. The summed E-state index contributed by atoms with van der Waals surface area (Å²) in [6.45, 7) is 2.03. The molecule has 4 aromatic carbocycles. The zero-order chi connectivity index (χ0) is 42.9. The molecule has 0 fully saturated rings. The molecule has 0 aliphatic carbocycles. The zero-order valence-corrected chi connectivity index (χ0v) is 36.6. The molecule has 5 rings (SSSR count). The molecule has 56 heavy (non-hydrogen) atoms. The van der Waals surface area contributed by atoms with Crippen molar-refractivity contribution < 1.29 is 68.3 Å². The fourth-order valence-corrected chi connectivity index (χ4v) is 5.65. The number of aromatic carboxylic acids is 2. The van der Waals surface area contributed by atoms with Gasteiger partial charge in [0.15, 0.2) is 6.29 Å². The molecule has 0 unspecified atom stereocenters. The summed E-state index contributed by atoms with van der Waals surface area (Å²) in [5.74, 6) is -1.18. The van der Waals surface area contributed by atoms with Crippen molar-refractivity contribution in [3.8, 4) is 11.5 Å². The molecule has 1 aliphatic heterocycles. The Morgan fingerprint density at radius 1 is 0.821 bits per heavy atom. The topological polar surface area (TPSA) is 260 Å². The first-order valence-electron chi connectivity index (χ1n) is 15.5. The molecule has 0 aromatic heterocycles. The number of benzene rings is 4. The van der Waals surface area contributed by atoms with Crippen LogP contribution in [-0.4, -0.2) is 113 Å². The summed E-state index contributed by atoms with van der Waals surface area (Å²) in [5, 5.41) is 18.1. The van der Waals surface area contributed by atoms with Crippen molar-refractivity contribution in [2.45, 2.75) is 19.5 Å². The summed E-state index contributed by atoms with van der Waals surface area (Å²) in [7, 11) is -5.89. The van der Waals surface area contributed by atoms with Crippen LogP contribution in [0.2, 0.25) is 0 Å². The van der Waals surface area contributed by atoms with Crippen molar-refractivity contribution in [3.05, 3.63) is 112 Å². The van der Waals surface area contributed by atoms with Crippen LogP contribution in [0.4, 0.5) is 30.2 Å². The second-order valence-electron chi connectivity index (χ2n) is 10.3. The minimum absolute atomic E-state index is 0.0446. The Morgan fingerprint density at radius 3 is 1.77 bits per heavy atom. The number of ether oxygens (including phenoxy) is 2. The van der Waals surface area contributed by atoms with Crippen LogP contribution in [-0.2, 0) is 39.0 Å². The van der Waals surface area contributed by atoms with E-state index in [1.807, 2.05) is 37.3 Å². The van der Waals surface area contributed by atoms with Gasteiger partial charge < -0.3 is 31.2 Å². The summed E-state index contributed by atoms with van der Waals surface area (Å²) in [6.07, 6.45) is -3.63. The number of fused-ring (bicyclic) bond motifs is 1. The summed E-state index contributed by atoms with van der Waals surface area (Å²) < 4.78 is 93.8. The number of nitrogen functional groups attached to an aromatic ring is 2. The molecule has 0 amide bonds. The number of aldehydes is 1. The predicted octanol–water partition coefficient (Wildman–Crippen LogP) is 4.02. The van der Waals surface area contributed by atoms with E-state index in [0.717, 1.165) is 34.5 Å². The van der Waals surface area contributed by atoms with Gasteiger partial charge in [0.05, 0.1) is 53.7 Å². The fourth-order valence-electron chi connectivity index (χ4n) is 4.47. The average molecular weight is 860 g/mol. The second kappa shape index (κ2) is 23.8. The van der Waals surface area contributed by atoms with Crippen LogP contribution in [0.5, 0.6) is 11.5 Å². The number of hydrogen-bond donors (Lipinski definition) is 4. The molecular formula is C33H30F3N3Na2O12S3. The van der Waals surface area contributed by atoms with E-state index >= 15 is 0 Å². The number of rotatable bonds is 6. The monoisotopic (exact) mass is 859 g/mol. The number of carboxylic acids is 2. The second-order valence-corrected chi connectivity index (χ2v) is 15.6. The molecular weight excluding hydrogens is 830 g/mol. The number of carboxylic acid groups (broad SMARTS) is 2. The van der Waals surface area contributed by atoms with Crippen molar-refractivity contribution in [2.24, 2.45) is 4.99 Å². The van der Waals surface area contributed by atoms with E-state index in [4.69, 9.17) is 26.0 Å². The van der Waals surface area contributed by atoms with Gasteiger partial charge in [-0.1, -0.05) is 42.5 Å². The Balaban J connectivity index is 0.000000391. The van der Waals surface area contributed by atoms with Gasteiger partial charge in [0.2, 0.25) is 7.92 Å². The number of carbonyl (C=O) groups excluding carboxylic acids is 1.